The lowest BCUT2D eigenvalue weighted by Gasteiger charge is -2.26. The number of hydrogen-bond acceptors (Lipinski definition) is 4. The van der Waals surface area contributed by atoms with Gasteiger partial charge in [0.15, 0.2) is 0 Å². The molecule has 0 atom stereocenters. The Morgan fingerprint density at radius 1 is 1.35 bits per heavy atom. The largest absolute Gasteiger partial charge is 0.340 e. The van der Waals surface area contributed by atoms with Gasteiger partial charge in [0.1, 0.15) is 0 Å². The molecule has 1 aromatic heterocycles. The highest BCUT2D eigenvalue weighted by Crippen LogP contribution is 2.31. The fourth-order valence-corrected chi connectivity index (χ4v) is 2.60. The molecule has 1 aromatic carbocycles. The average molecular weight is 334 g/mol. The molecule has 0 spiro atoms. The number of rotatable bonds is 6. The van der Waals surface area contributed by atoms with Crippen LogP contribution in [-0.2, 0) is 11.2 Å². The highest BCUT2D eigenvalue weighted by atomic mass is 35.5. The van der Waals surface area contributed by atoms with Gasteiger partial charge in [-0.05, 0) is 51.0 Å². The molecule has 5 nitrogen and oxygen atoms in total. The minimum Gasteiger partial charge on any atom is -0.340 e. The maximum atomic E-state index is 12.3. The zero-order chi connectivity index (χ0) is 16.4. The zero-order valence-corrected chi connectivity index (χ0v) is 14.1. The van der Waals surface area contributed by atoms with Gasteiger partial charge >= 0.3 is 0 Å². The van der Waals surface area contributed by atoms with Crippen molar-refractivity contribution in [2.45, 2.75) is 39.2 Å². The molecule has 6 heteroatoms. The third kappa shape index (κ3) is 3.91. The summed E-state index contributed by atoms with van der Waals surface area (Å²) in [6.07, 6.45) is 2.60. The molecule has 1 saturated carbocycles. The second-order valence-corrected chi connectivity index (χ2v) is 6.60. The molecular weight excluding hydrogens is 314 g/mol. The predicted octanol–water partition coefficient (Wildman–Crippen LogP) is 3.58. The number of halogens is 1. The van der Waals surface area contributed by atoms with Gasteiger partial charge < -0.3 is 9.42 Å². The molecular formula is C17H20ClN3O2. The van der Waals surface area contributed by atoms with Crippen molar-refractivity contribution < 1.29 is 9.32 Å². The Balaban J connectivity index is 1.64. The number of benzene rings is 1. The standard InChI is InChI=1S/C17H20ClN3O2/c1-11(2)21(17(22)13-3-4-13)10-9-15-19-16(20-23-15)12-5-7-14(18)8-6-12/h5-8,11,13H,3-4,9-10H2,1-2H3. The van der Waals surface area contributed by atoms with Crippen molar-refractivity contribution in [3.05, 3.63) is 35.2 Å². The number of amides is 1. The van der Waals surface area contributed by atoms with Crippen LogP contribution in [0.1, 0.15) is 32.6 Å². The van der Waals surface area contributed by atoms with Crippen molar-refractivity contribution in [3.63, 3.8) is 0 Å². The Morgan fingerprint density at radius 3 is 2.65 bits per heavy atom. The Kier molecular flexibility index (Phi) is 4.66. The van der Waals surface area contributed by atoms with Crippen molar-refractivity contribution in [1.82, 2.24) is 15.0 Å². The van der Waals surface area contributed by atoms with E-state index in [1.807, 2.05) is 30.9 Å². The van der Waals surface area contributed by atoms with Crippen molar-refractivity contribution >= 4 is 17.5 Å². The highest BCUT2D eigenvalue weighted by Gasteiger charge is 2.34. The molecule has 1 fully saturated rings. The van der Waals surface area contributed by atoms with Gasteiger partial charge in [0.2, 0.25) is 17.6 Å². The molecule has 1 heterocycles. The summed E-state index contributed by atoms with van der Waals surface area (Å²) in [6.45, 7) is 4.68. The molecule has 23 heavy (non-hydrogen) atoms. The summed E-state index contributed by atoms with van der Waals surface area (Å²) in [6, 6.07) is 7.48. The minimum absolute atomic E-state index is 0.182. The average Bonchev–Trinajstić information content (AvgIpc) is 3.27. The molecule has 0 N–H and O–H groups in total. The fourth-order valence-electron chi connectivity index (χ4n) is 2.48. The van der Waals surface area contributed by atoms with Crippen LogP contribution in [-0.4, -0.2) is 33.5 Å². The Morgan fingerprint density at radius 2 is 2.04 bits per heavy atom. The minimum atomic E-state index is 0.182. The van der Waals surface area contributed by atoms with E-state index in [1.54, 1.807) is 12.1 Å². The molecule has 0 radical (unpaired) electrons. The Labute approximate surface area is 140 Å². The topological polar surface area (TPSA) is 59.2 Å². The van der Waals surface area contributed by atoms with E-state index in [2.05, 4.69) is 10.1 Å². The summed E-state index contributed by atoms with van der Waals surface area (Å²) in [5.74, 6) is 1.56. The van der Waals surface area contributed by atoms with Gasteiger partial charge in [-0.1, -0.05) is 16.8 Å². The van der Waals surface area contributed by atoms with Crippen molar-refractivity contribution in [3.8, 4) is 11.4 Å². The molecule has 1 aliphatic carbocycles. The maximum Gasteiger partial charge on any atom is 0.228 e. The Bertz CT molecular complexity index is 677. The van der Waals surface area contributed by atoms with Crippen molar-refractivity contribution in [2.75, 3.05) is 6.54 Å². The molecule has 0 unspecified atom stereocenters. The third-order valence-electron chi connectivity index (χ3n) is 3.97. The number of hydrogen-bond donors (Lipinski definition) is 0. The van der Waals surface area contributed by atoms with Crippen LogP contribution >= 0.6 is 11.6 Å². The lowest BCUT2D eigenvalue weighted by atomic mass is 10.2. The number of carbonyl (C=O) groups excluding carboxylic acids is 1. The molecule has 0 saturated heterocycles. The number of carbonyl (C=O) groups is 1. The van der Waals surface area contributed by atoms with E-state index in [-0.39, 0.29) is 17.9 Å². The molecule has 1 amide bonds. The van der Waals surface area contributed by atoms with Gasteiger partial charge in [-0.2, -0.15) is 4.98 Å². The normalized spacial score (nSPS) is 14.3. The van der Waals surface area contributed by atoms with Gasteiger partial charge in [0.25, 0.3) is 0 Å². The quantitative estimate of drug-likeness (QED) is 0.810. The van der Waals surface area contributed by atoms with Crippen LogP contribution in [0.3, 0.4) is 0 Å². The van der Waals surface area contributed by atoms with Crippen LogP contribution in [0.2, 0.25) is 5.02 Å². The lowest BCUT2D eigenvalue weighted by molar-refractivity contribution is -0.134. The monoisotopic (exact) mass is 333 g/mol. The number of nitrogens with zero attached hydrogens (tertiary/aromatic N) is 3. The summed E-state index contributed by atoms with van der Waals surface area (Å²) < 4.78 is 5.30. The zero-order valence-electron chi connectivity index (χ0n) is 13.3. The summed E-state index contributed by atoms with van der Waals surface area (Å²) in [7, 11) is 0. The van der Waals surface area contributed by atoms with Gasteiger partial charge in [-0.25, -0.2) is 0 Å². The van der Waals surface area contributed by atoms with E-state index in [4.69, 9.17) is 16.1 Å². The van der Waals surface area contributed by atoms with Crippen LogP contribution in [0.4, 0.5) is 0 Å². The maximum absolute atomic E-state index is 12.3. The molecule has 2 aromatic rings. The van der Waals surface area contributed by atoms with Gasteiger partial charge in [0.05, 0.1) is 0 Å². The van der Waals surface area contributed by atoms with Gasteiger partial charge in [-0.3, -0.25) is 4.79 Å². The fraction of sp³-hybridized carbons (Fsp3) is 0.471. The van der Waals surface area contributed by atoms with Crippen LogP contribution in [0.25, 0.3) is 11.4 Å². The molecule has 3 rings (SSSR count). The number of aromatic nitrogens is 2. The molecule has 0 bridgehead atoms. The van der Waals surface area contributed by atoms with Gasteiger partial charge in [0, 0.05) is 35.5 Å². The van der Waals surface area contributed by atoms with E-state index in [1.165, 1.54) is 0 Å². The van der Waals surface area contributed by atoms with Crippen LogP contribution in [0.5, 0.6) is 0 Å². The summed E-state index contributed by atoms with van der Waals surface area (Å²) in [4.78, 5) is 18.6. The lowest BCUT2D eigenvalue weighted by Crippen LogP contribution is -2.39. The first kappa shape index (κ1) is 16.0. The predicted molar refractivity (Wildman–Crippen MR) is 88.0 cm³/mol. The Hall–Kier alpha value is -1.88. The highest BCUT2D eigenvalue weighted by molar-refractivity contribution is 6.30. The second kappa shape index (κ2) is 6.71. The summed E-state index contributed by atoms with van der Waals surface area (Å²) in [5.41, 5.74) is 0.860. The van der Waals surface area contributed by atoms with Crippen LogP contribution in [0, 0.1) is 5.92 Å². The van der Waals surface area contributed by atoms with E-state index < -0.39 is 0 Å². The van der Waals surface area contributed by atoms with Gasteiger partial charge in [-0.15, -0.1) is 0 Å². The molecule has 1 aliphatic rings. The summed E-state index contributed by atoms with van der Waals surface area (Å²) >= 11 is 5.88. The van der Waals surface area contributed by atoms with Crippen LogP contribution < -0.4 is 0 Å². The first-order valence-electron chi connectivity index (χ1n) is 7.93. The van der Waals surface area contributed by atoms with E-state index in [0.717, 1.165) is 18.4 Å². The van der Waals surface area contributed by atoms with Crippen molar-refractivity contribution in [2.24, 2.45) is 5.92 Å². The van der Waals surface area contributed by atoms with E-state index in [0.29, 0.717) is 29.7 Å². The second-order valence-electron chi connectivity index (χ2n) is 6.17. The first-order valence-corrected chi connectivity index (χ1v) is 8.31. The van der Waals surface area contributed by atoms with E-state index >= 15 is 0 Å². The molecule has 122 valence electrons. The van der Waals surface area contributed by atoms with Crippen LogP contribution in [0.15, 0.2) is 28.8 Å². The molecule has 0 aliphatic heterocycles. The first-order chi connectivity index (χ1) is 11.0. The smallest absolute Gasteiger partial charge is 0.228 e. The summed E-state index contributed by atoms with van der Waals surface area (Å²) in [5, 5.41) is 4.67. The van der Waals surface area contributed by atoms with E-state index in [9.17, 15) is 4.79 Å². The third-order valence-corrected chi connectivity index (χ3v) is 4.22. The SMILES string of the molecule is CC(C)N(CCc1nc(-c2ccc(Cl)cc2)no1)C(=O)C1CC1. The van der Waals surface area contributed by atoms with Crippen molar-refractivity contribution in [1.29, 1.82) is 0 Å².